The predicted molar refractivity (Wildman–Crippen MR) is 88.8 cm³/mol. The van der Waals surface area contributed by atoms with Crippen LogP contribution in [-0.4, -0.2) is 6.54 Å². The Bertz CT molecular complexity index is 455. The zero-order valence-electron chi connectivity index (χ0n) is 14.0. The monoisotopic (exact) mass is 287 g/mol. The van der Waals surface area contributed by atoms with Gasteiger partial charge in [0.1, 0.15) is 0 Å². The van der Waals surface area contributed by atoms with Gasteiger partial charge in [0.25, 0.3) is 0 Å². The summed E-state index contributed by atoms with van der Waals surface area (Å²) in [7, 11) is 0. The highest BCUT2D eigenvalue weighted by molar-refractivity contribution is 5.37. The molecular weight excluding hydrogens is 254 g/mol. The van der Waals surface area contributed by atoms with Crippen LogP contribution in [0, 0.1) is 40.4 Å². The van der Waals surface area contributed by atoms with Crippen molar-refractivity contribution in [3.63, 3.8) is 0 Å². The van der Waals surface area contributed by atoms with E-state index >= 15 is 0 Å². The van der Waals surface area contributed by atoms with Crippen molar-refractivity contribution in [2.75, 3.05) is 6.54 Å². The van der Waals surface area contributed by atoms with E-state index in [0.29, 0.717) is 10.8 Å². The molecule has 0 aromatic heterocycles. The van der Waals surface area contributed by atoms with E-state index < -0.39 is 0 Å². The Hall–Kier alpha value is -0.300. The SMILES string of the molecule is C=C1C2CC3CCC(C3)C(C3(C)CCC(C)C3)CC12CN. The highest BCUT2D eigenvalue weighted by Crippen LogP contribution is 2.69. The van der Waals surface area contributed by atoms with Crippen LogP contribution in [0.2, 0.25) is 0 Å². The summed E-state index contributed by atoms with van der Waals surface area (Å²) in [5.41, 5.74) is 8.73. The maximum Gasteiger partial charge on any atom is 0.0103 e. The van der Waals surface area contributed by atoms with Crippen LogP contribution in [0.15, 0.2) is 12.2 Å². The Labute approximate surface area is 130 Å². The first-order chi connectivity index (χ1) is 9.98. The summed E-state index contributed by atoms with van der Waals surface area (Å²) in [6.07, 6.45) is 11.6. The molecule has 4 fully saturated rings. The van der Waals surface area contributed by atoms with Gasteiger partial charge in [-0.2, -0.15) is 0 Å². The average Bonchev–Trinajstić information content (AvgIpc) is 2.84. The van der Waals surface area contributed by atoms with Gasteiger partial charge in [0.2, 0.25) is 0 Å². The molecule has 21 heavy (non-hydrogen) atoms. The summed E-state index contributed by atoms with van der Waals surface area (Å²) in [6.45, 7) is 10.4. The number of hydrogen-bond acceptors (Lipinski definition) is 1. The first-order valence-corrected chi connectivity index (χ1v) is 9.38. The lowest BCUT2D eigenvalue weighted by Gasteiger charge is -2.42. The molecule has 0 saturated heterocycles. The third kappa shape index (κ3) is 1.99. The van der Waals surface area contributed by atoms with Crippen LogP contribution < -0.4 is 5.73 Å². The second kappa shape index (κ2) is 4.60. The van der Waals surface area contributed by atoms with Gasteiger partial charge in [0.15, 0.2) is 0 Å². The van der Waals surface area contributed by atoms with E-state index in [1.54, 1.807) is 0 Å². The molecule has 0 aliphatic heterocycles. The molecule has 2 bridgehead atoms. The lowest BCUT2D eigenvalue weighted by molar-refractivity contribution is 0.0780. The quantitative estimate of drug-likeness (QED) is 0.727. The fourth-order valence-electron chi connectivity index (χ4n) is 6.88. The Morgan fingerprint density at radius 2 is 2.00 bits per heavy atom. The van der Waals surface area contributed by atoms with Gasteiger partial charge in [-0.1, -0.05) is 38.8 Å². The Balaban J connectivity index is 1.66. The minimum Gasteiger partial charge on any atom is -0.330 e. The van der Waals surface area contributed by atoms with Crippen molar-refractivity contribution in [2.24, 2.45) is 46.2 Å². The van der Waals surface area contributed by atoms with E-state index in [0.717, 1.165) is 36.1 Å². The predicted octanol–water partition coefficient (Wildman–Crippen LogP) is 4.77. The normalized spacial score (nSPS) is 56.0. The molecule has 2 N–H and O–H groups in total. The molecule has 0 aromatic rings. The first-order valence-electron chi connectivity index (χ1n) is 9.38. The van der Waals surface area contributed by atoms with Crippen molar-refractivity contribution < 1.29 is 0 Å². The zero-order valence-corrected chi connectivity index (χ0v) is 14.0. The van der Waals surface area contributed by atoms with Gasteiger partial charge in [-0.25, -0.2) is 0 Å². The maximum atomic E-state index is 6.27. The molecule has 118 valence electrons. The summed E-state index contributed by atoms with van der Waals surface area (Å²) < 4.78 is 0. The molecule has 0 heterocycles. The molecule has 1 nitrogen and oxygen atoms in total. The van der Waals surface area contributed by atoms with E-state index in [2.05, 4.69) is 20.4 Å². The van der Waals surface area contributed by atoms with Crippen LogP contribution >= 0.6 is 0 Å². The van der Waals surface area contributed by atoms with E-state index in [1.165, 1.54) is 56.9 Å². The van der Waals surface area contributed by atoms with E-state index in [4.69, 9.17) is 5.73 Å². The van der Waals surface area contributed by atoms with E-state index in [9.17, 15) is 0 Å². The average molecular weight is 287 g/mol. The van der Waals surface area contributed by atoms with Crippen molar-refractivity contribution in [1.82, 2.24) is 0 Å². The third-order valence-electron chi connectivity index (χ3n) is 8.23. The van der Waals surface area contributed by atoms with Crippen LogP contribution in [0.5, 0.6) is 0 Å². The Morgan fingerprint density at radius 1 is 1.19 bits per heavy atom. The highest BCUT2D eigenvalue weighted by Gasteiger charge is 2.62. The van der Waals surface area contributed by atoms with Crippen molar-refractivity contribution in [3.05, 3.63) is 12.2 Å². The second-order valence-corrected chi connectivity index (χ2v) is 9.43. The molecule has 0 radical (unpaired) electrons. The molecule has 4 rings (SSSR count). The fraction of sp³-hybridized carbons (Fsp3) is 0.900. The molecule has 7 unspecified atom stereocenters. The smallest absolute Gasteiger partial charge is 0.0103 e. The number of rotatable bonds is 2. The van der Waals surface area contributed by atoms with Gasteiger partial charge in [-0.3, -0.25) is 0 Å². The number of hydrogen-bond donors (Lipinski definition) is 1. The summed E-state index contributed by atoms with van der Waals surface area (Å²) in [6, 6.07) is 0. The van der Waals surface area contributed by atoms with Crippen LogP contribution in [0.25, 0.3) is 0 Å². The first kappa shape index (κ1) is 14.3. The van der Waals surface area contributed by atoms with Crippen molar-refractivity contribution >= 4 is 0 Å². The zero-order chi connectivity index (χ0) is 14.8. The van der Waals surface area contributed by atoms with Crippen molar-refractivity contribution in [1.29, 1.82) is 0 Å². The number of fused-ring (bicyclic) bond motifs is 3. The largest absolute Gasteiger partial charge is 0.330 e. The summed E-state index contributed by atoms with van der Waals surface area (Å²) in [5.74, 6) is 4.60. The van der Waals surface area contributed by atoms with Crippen LogP contribution in [0.1, 0.15) is 65.2 Å². The molecule has 0 spiro atoms. The summed E-state index contributed by atoms with van der Waals surface area (Å²) in [4.78, 5) is 0. The second-order valence-electron chi connectivity index (χ2n) is 9.43. The van der Waals surface area contributed by atoms with Crippen molar-refractivity contribution in [3.8, 4) is 0 Å². The van der Waals surface area contributed by atoms with Gasteiger partial charge in [-0.05, 0) is 73.5 Å². The molecule has 4 saturated carbocycles. The Morgan fingerprint density at radius 3 is 2.67 bits per heavy atom. The molecule has 4 aliphatic carbocycles. The van der Waals surface area contributed by atoms with Crippen molar-refractivity contribution in [2.45, 2.75) is 65.2 Å². The lowest BCUT2D eigenvalue weighted by Crippen LogP contribution is -2.36. The van der Waals surface area contributed by atoms with Crippen LogP contribution in [-0.2, 0) is 0 Å². The minimum absolute atomic E-state index is 0.348. The topological polar surface area (TPSA) is 26.0 Å². The summed E-state index contributed by atoms with van der Waals surface area (Å²) in [5, 5.41) is 0. The van der Waals surface area contributed by atoms with Gasteiger partial charge < -0.3 is 5.73 Å². The maximum absolute atomic E-state index is 6.27. The van der Waals surface area contributed by atoms with Crippen LogP contribution in [0.4, 0.5) is 0 Å². The van der Waals surface area contributed by atoms with Gasteiger partial charge in [-0.15, -0.1) is 0 Å². The standard InChI is InChI=1S/C20H33N/c1-13-6-7-19(3,10-13)18-11-20(12-21)14(2)17(20)9-15-4-5-16(18)8-15/h13,15-18H,2,4-12,21H2,1,3H3. The fourth-order valence-corrected chi connectivity index (χ4v) is 6.88. The van der Waals surface area contributed by atoms with Gasteiger partial charge >= 0.3 is 0 Å². The van der Waals surface area contributed by atoms with Gasteiger partial charge in [0, 0.05) is 12.0 Å². The van der Waals surface area contributed by atoms with Crippen LogP contribution in [0.3, 0.4) is 0 Å². The van der Waals surface area contributed by atoms with E-state index in [-0.39, 0.29) is 0 Å². The molecular formula is C20H33N. The number of nitrogens with two attached hydrogens (primary N) is 1. The van der Waals surface area contributed by atoms with E-state index in [1.807, 2.05) is 0 Å². The molecule has 4 aliphatic rings. The Kier molecular flexibility index (Phi) is 3.13. The summed E-state index contributed by atoms with van der Waals surface area (Å²) >= 11 is 0. The molecule has 0 aromatic carbocycles. The minimum atomic E-state index is 0.348. The molecule has 7 atom stereocenters. The highest BCUT2D eigenvalue weighted by atomic mass is 14.7. The third-order valence-corrected chi connectivity index (χ3v) is 8.23. The molecule has 1 heteroatoms. The lowest BCUT2D eigenvalue weighted by atomic mass is 9.63. The van der Waals surface area contributed by atoms with Gasteiger partial charge in [0.05, 0.1) is 0 Å². The molecule has 0 amide bonds.